The van der Waals surface area contributed by atoms with Gasteiger partial charge in [0.05, 0.1) is 16.7 Å². The Labute approximate surface area is 334 Å². The molecule has 0 fully saturated rings. The minimum absolute atomic E-state index is 0.391. The maximum Gasteiger partial charge on any atom is 0.163 e. The zero-order valence-corrected chi connectivity index (χ0v) is 31.8. The highest BCUT2D eigenvalue weighted by Gasteiger charge is 2.19. The summed E-state index contributed by atoms with van der Waals surface area (Å²) in [4.78, 5) is 10.2. The van der Waals surface area contributed by atoms with Crippen LogP contribution in [0.25, 0.3) is 75.6 Å². The normalized spacial score (nSPS) is 12.2. The summed E-state index contributed by atoms with van der Waals surface area (Å²) in [5, 5.41) is 4.80. The third-order valence-corrected chi connectivity index (χ3v) is 11.8. The van der Waals surface area contributed by atoms with E-state index in [1.54, 1.807) is 11.3 Å². The van der Waals surface area contributed by atoms with Crippen molar-refractivity contribution in [2.45, 2.75) is 0 Å². The third-order valence-electron chi connectivity index (χ3n) is 10.6. The summed E-state index contributed by atoms with van der Waals surface area (Å²) in [7, 11) is 0. The maximum atomic E-state index is 6.73. The molecule has 5 heteroatoms. The molecule has 0 radical (unpaired) electrons. The van der Waals surface area contributed by atoms with Crippen LogP contribution >= 0.6 is 11.3 Å². The van der Waals surface area contributed by atoms with Gasteiger partial charge in [-0.2, -0.15) is 0 Å². The summed E-state index contributed by atoms with van der Waals surface area (Å²) in [6.45, 7) is 4.45. The Morgan fingerprint density at radius 3 is 1.98 bits per heavy atom. The van der Waals surface area contributed by atoms with E-state index in [0.717, 1.165) is 43.6 Å². The smallest absolute Gasteiger partial charge is 0.163 e. The Hall–Kier alpha value is -7.34. The van der Waals surface area contributed by atoms with Crippen LogP contribution in [0, 0.1) is 0 Å². The lowest BCUT2D eigenvalue weighted by Crippen LogP contribution is -2.16. The van der Waals surface area contributed by atoms with E-state index in [0.29, 0.717) is 17.4 Å². The molecule has 4 nitrogen and oxygen atoms in total. The van der Waals surface area contributed by atoms with Gasteiger partial charge < -0.3 is 10.3 Å². The first kappa shape index (κ1) is 34.2. The molecule has 2 aromatic heterocycles. The third kappa shape index (κ3) is 6.21. The highest BCUT2D eigenvalue weighted by Crippen LogP contribution is 2.43. The molecule has 0 spiro atoms. The number of thiophene rings is 1. The number of nitrogens with zero attached hydrogens (tertiary/aromatic N) is 3. The second kappa shape index (κ2) is 14.4. The van der Waals surface area contributed by atoms with Crippen molar-refractivity contribution < 1.29 is 0 Å². The Bertz CT molecular complexity index is 3190. The lowest BCUT2D eigenvalue weighted by Gasteiger charge is -2.10. The Balaban J connectivity index is 1.13. The number of aliphatic imine (C=N–C) groups is 2. The predicted molar refractivity (Wildman–Crippen MR) is 244 cm³/mol. The van der Waals surface area contributed by atoms with E-state index in [1.165, 1.54) is 43.0 Å². The number of benzene rings is 8. The van der Waals surface area contributed by atoms with Crippen molar-refractivity contribution in [2.24, 2.45) is 15.7 Å². The summed E-state index contributed by atoms with van der Waals surface area (Å²) in [6.07, 6.45) is 0. The van der Waals surface area contributed by atoms with E-state index in [1.807, 2.05) is 60.7 Å². The van der Waals surface area contributed by atoms with Gasteiger partial charge in [-0.25, -0.2) is 9.98 Å². The molecule has 0 aliphatic heterocycles. The van der Waals surface area contributed by atoms with Crippen molar-refractivity contribution in [3.63, 3.8) is 0 Å². The SMILES string of the molecule is C=C(/N=C(\N=C(/N)c1ccccc1)c1cccc2c1sc1cccc(-c3ccc4c(c3)c3ccccc3n4-c3ccccc3)c12)c1cccc(-c2ccccc2)c1. The van der Waals surface area contributed by atoms with Gasteiger partial charge in [0.1, 0.15) is 5.84 Å². The number of hydrogen-bond acceptors (Lipinski definition) is 2. The van der Waals surface area contributed by atoms with E-state index >= 15 is 0 Å². The van der Waals surface area contributed by atoms with Crippen LogP contribution in [0.15, 0.2) is 211 Å². The molecular formula is C52H36N4S. The molecule has 0 aliphatic carbocycles. The van der Waals surface area contributed by atoms with Gasteiger partial charge in [0, 0.05) is 53.3 Å². The molecule has 0 aliphatic rings. The first-order valence-electron chi connectivity index (χ1n) is 19.0. The van der Waals surface area contributed by atoms with Crippen LogP contribution in [-0.4, -0.2) is 16.2 Å². The minimum atomic E-state index is 0.391. The van der Waals surface area contributed by atoms with Crippen LogP contribution in [-0.2, 0) is 0 Å². The van der Waals surface area contributed by atoms with Gasteiger partial charge in [0.25, 0.3) is 0 Å². The first-order valence-corrected chi connectivity index (χ1v) is 19.8. The summed E-state index contributed by atoms with van der Waals surface area (Å²) in [6, 6.07) is 67.6. The Morgan fingerprint density at radius 2 is 1.16 bits per heavy atom. The molecule has 8 aromatic carbocycles. The van der Waals surface area contributed by atoms with Crippen LogP contribution in [0.2, 0.25) is 0 Å². The van der Waals surface area contributed by atoms with Crippen LogP contribution < -0.4 is 5.73 Å². The molecule has 57 heavy (non-hydrogen) atoms. The Kier molecular flexibility index (Phi) is 8.62. The van der Waals surface area contributed by atoms with Gasteiger partial charge in [0.2, 0.25) is 0 Å². The number of hydrogen-bond donors (Lipinski definition) is 1. The molecule has 0 saturated heterocycles. The van der Waals surface area contributed by atoms with Crippen LogP contribution in [0.3, 0.4) is 0 Å². The van der Waals surface area contributed by atoms with Crippen LogP contribution in [0.5, 0.6) is 0 Å². The molecule has 0 unspecified atom stereocenters. The number of fused-ring (bicyclic) bond motifs is 6. The van der Waals surface area contributed by atoms with E-state index in [2.05, 4.69) is 145 Å². The maximum absolute atomic E-state index is 6.73. The predicted octanol–water partition coefficient (Wildman–Crippen LogP) is 13.3. The largest absolute Gasteiger partial charge is 0.383 e. The summed E-state index contributed by atoms with van der Waals surface area (Å²) >= 11 is 1.75. The topological polar surface area (TPSA) is 55.7 Å². The number of para-hydroxylation sites is 2. The highest BCUT2D eigenvalue weighted by molar-refractivity contribution is 7.26. The lowest BCUT2D eigenvalue weighted by molar-refractivity contribution is 1.18. The molecule has 2 heterocycles. The zero-order chi connectivity index (χ0) is 38.3. The fourth-order valence-electron chi connectivity index (χ4n) is 7.89. The van der Waals surface area contributed by atoms with Crippen LogP contribution in [0.1, 0.15) is 16.7 Å². The molecule has 10 aromatic rings. The Morgan fingerprint density at radius 1 is 0.509 bits per heavy atom. The first-order chi connectivity index (χ1) is 28.1. The molecule has 2 N–H and O–H groups in total. The summed E-state index contributed by atoms with van der Waals surface area (Å²) < 4.78 is 4.64. The molecular weight excluding hydrogens is 713 g/mol. The number of aromatic nitrogens is 1. The van der Waals surface area contributed by atoms with Crippen molar-refractivity contribution >= 4 is 70.7 Å². The van der Waals surface area contributed by atoms with Gasteiger partial charge in [-0.1, -0.05) is 152 Å². The molecule has 270 valence electrons. The van der Waals surface area contributed by atoms with Crippen molar-refractivity contribution in [2.75, 3.05) is 0 Å². The highest BCUT2D eigenvalue weighted by atomic mass is 32.1. The van der Waals surface area contributed by atoms with E-state index in [-0.39, 0.29) is 0 Å². The van der Waals surface area contributed by atoms with Crippen molar-refractivity contribution in [3.05, 3.63) is 217 Å². The average molecular weight is 749 g/mol. The minimum Gasteiger partial charge on any atom is -0.383 e. The van der Waals surface area contributed by atoms with Crippen molar-refractivity contribution in [1.82, 2.24) is 4.57 Å². The number of nitrogens with two attached hydrogens (primary N) is 1. The average Bonchev–Trinajstić information content (AvgIpc) is 3.83. The summed E-state index contributed by atoms with van der Waals surface area (Å²) in [5.41, 5.74) is 18.1. The summed E-state index contributed by atoms with van der Waals surface area (Å²) in [5.74, 6) is 0.905. The molecule has 0 saturated carbocycles. The fraction of sp³-hybridized carbons (Fsp3) is 0. The second-order valence-corrected chi connectivity index (χ2v) is 15.1. The van der Waals surface area contributed by atoms with Gasteiger partial charge in [-0.15, -0.1) is 11.3 Å². The van der Waals surface area contributed by atoms with Gasteiger partial charge >= 0.3 is 0 Å². The quantitative estimate of drug-likeness (QED) is 0.128. The fourth-order valence-corrected chi connectivity index (χ4v) is 9.13. The standard InChI is InChI=1S/C52H36N4S/c1-34(37-20-13-21-38(32-37)35-16-5-2-6-17-35)54-52(55-51(53)36-18-7-3-8-19-36)44-27-14-26-43-49-41(25-15-29-48(49)57-50(43)44)39-30-31-47-45(33-39)42-24-11-12-28-46(42)56(47)40-22-9-4-10-23-40/h2-33H,1H2,(H2,53,54,55). The lowest BCUT2D eigenvalue weighted by atomic mass is 9.97. The van der Waals surface area contributed by atoms with Gasteiger partial charge in [0.15, 0.2) is 5.84 Å². The van der Waals surface area contributed by atoms with E-state index in [9.17, 15) is 0 Å². The van der Waals surface area contributed by atoms with Gasteiger partial charge in [-0.3, -0.25) is 0 Å². The number of rotatable bonds is 7. The molecule has 0 atom stereocenters. The monoisotopic (exact) mass is 748 g/mol. The van der Waals surface area contributed by atoms with Gasteiger partial charge in [-0.05, 0) is 70.8 Å². The second-order valence-electron chi connectivity index (χ2n) is 14.1. The van der Waals surface area contributed by atoms with E-state index < -0.39 is 0 Å². The van der Waals surface area contributed by atoms with Crippen molar-refractivity contribution in [3.8, 4) is 27.9 Å². The molecule has 0 bridgehead atoms. The zero-order valence-electron chi connectivity index (χ0n) is 31.0. The van der Waals surface area contributed by atoms with Crippen molar-refractivity contribution in [1.29, 1.82) is 0 Å². The van der Waals surface area contributed by atoms with Crippen LogP contribution in [0.4, 0.5) is 0 Å². The number of amidine groups is 2. The van der Waals surface area contributed by atoms with E-state index in [4.69, 9.17) is 15.7 Å². The molecule has 0 amide bonds. The molecule has 10 rings (SSSR count).